The number of rotatable bonds is 2. The zero-order valence-electron chi connectivity index (χ0n) is 9.00. The van der Waals surface area contributed by atoms with Crippen molar-refractivity contribution >= 4 is 0 Å². The molecule has 0 radical (unpaired) electrons. The predicted molar refractivity (Wildman–Crippen MR) is 63.0 cm³/mol. The van der Waals surface area contributed by atoms with Crippen molar-refractivity contribution in [3.63, 3.8) is 0 Å². The molecule has 4 rings (SSSR count). The van der Waals surface area contributed by atoms with Gasteiger partial charge in [-0.3, -0.25) is 0 Å². The first-order chi connectivity index (χ1) is 7.74. The van der Waals surface area contributed by atoms with E-state index in [9.17, 15) is 0 Å². The van der Waals surface area contributed by atoms with Crippen LogP contribution in [-0.4, -0.2) is 23.4 Å². The molecule has 2 atom stereocenters. The molecular formula is C14H14O2. The van der Waals surface area contributed by atoms with Crippen LogP contribution in [0.1, 0.15) is 0 Å². The van der Waals surface area contributed by atoms with Crippen molar-refractivity contribution in [3.8, 4) is 0 Å². The molecule has 2 nitrogen and oxygen atoms in total. The van der Waals surface area contributed by atoms with Gasteiger partial charge in [-0.1, -0.05) is 49.6 Å². The highest BCUT2D eigenvalue weighted by Crippen LogP contribution is 2.58. The summed E-state index contributed by atoms with van der Waals surface area (Å²) in [5.41, 5.74) is -0.316. The van der Waals surface area contributed by atoms with Crippen molar-refractivity contribution in [3.05, 3.63) is 61.8 Å². The van der Waals surface area contributed by atoms with E-state index in [0.717, 1.165) is 0 Å². The highest BCUT2D eigenvalue weighted by Gasteiger charge is 2.69. The predicted octanol–water partition coefficient (Wildman–Crippen LogP) is 2.32. The molecule has 82 valence electrons. The highest BCUT2D eigenvalue weighted by atomic mass is 16.6. The average molecular weight is 214 g/mol. The molecule has 3 heterocycles. The fraction of sp³-hybridized carbons (Fsp3) is 0.286. The van der Waals surface area contributed by atoms with Crippen molar-refractivity contribution in [2.75, 3.05) is 0 Å². The molecule has 16 heavy (non-hydrogen) atoms. The van der Waals surface area contributed by atoms with Crippen molar-refractivity contribution in [2.24, 2.45) is 0 Å². The average Bonchev–Trinajstić information content (AvgIpc) is 2.81. The summed E-state index contributed by atoms with van der Waals surface area (Å²) >= 11 is 0. The van der Waals surface area contributed by atoms with Crippen molar-refractivity contribution in [1.82, 2.24) is 0 Å². The maximum atomic E-state index is 5.35. The van der Waals surface area contributed by atoms with Crippen LogP contribution < -0.4 is 0 Å². The van der Waals surface area contributed by atoms with Crippen LogP contribution in [0.3, 0.4) is 0 Å². The summed E-state index contributed by atoms with van der Waals surface area (Å²) in [6, 6.07) is 0. The van der Waals surface area contributed by atoms with E-state index in [2.05, 4.69) is 37.5 Å². The van der Waals surface area contributed by atoms with Gasteiger partial charge in [-0.2, -0.15) is 0 Å². The molecule has 2 heteroatoms. The second-order valence-electron chi connectivity index (χ2n) is 4.26. The Kier molecular flexibility index (Phi) is 1.88. The normalized spacial score (nSPS) is 47.8. The highest BCUT2D eigenvalue weighted by molar-refractivity contribution is 5.52. The lowest BCUT2D eigenvalue weighted by molar-refractivity contribution is 0.136. The topological polar surface area (TPSA) is 21.8 Å². The summed E-state index contributed by atoms with van der Waals surface area (Å²) in [5.74, 6) is 0. The molecule has 0 aromatic heterocycles. The Morgan fingerprint density at radius 2 is 1.31 bits per heavy atom. The summed E-state index contributed by atoms with van der Waals surface area (Å²) in [6.45, 7) is 7.33. The van der Waals surface area contributed by atoms with Crippen LogP contribution in [0.2, 0.25) is 0 Å². The minimum absolute atomic E-state index is 0.158. The molecule has 0 aromatic rings. The molecular weight excluding hydrogens is 200 g/mol. The van der Waals surface area contributed by atoms with Gasteiger partial charge in [-0.05, 0) is 12.2 Å². The first kappa shape index (κ1) is 9.82. The van der Waals surface area contributed by atoms with Crippen LogP contribution >= 0.6 is 0 Å². The van der Waals surface area contributed by atoms with Gasteiger partial charge in [0.05, 0.1) is 12.2 Å². The number of epoxide rings is 1. The monoisotopic (exact) mass is 214 g/mol. The molecule has 0 aromatic carbocycles. The number of ether oxygens (including phenoxy) is 2. The molecule has 1 fully saturated rings. The van der Waals surface area contributed by atoms with Gasteiger partial charge in [0.25, 0.3) is 0 Å². The summed E-state index contributed by atoms with van der Waals surface area (Å²) in [7, 11) is 0. The molecule has 0 spiro atoms. The fourth-order valence-corrected chi connectivity index (χ4v) is 2.20. The molecule has 2 bridgehead atoms. The van der Waals surface area contributed by atoms with Gasteiger partial charge < -0.3 is 9.47 Å². The van der Waals surface area contributed by atoms with E-state index in [4.69, 9.17) is 9.47 Å². The second kappa shape index (κ2) is 3.06. The zero-order chi connectivity index (χ0) is 11.2. The molecule has 0 amide bonds. The molecule has 4 aliphatic rings. The van der Waals surface area contributed by atoms with Crippen molar-refractivity contribution in [2.45, 2.75) is 23.4 Å². The Morgan fingerprint density at radius 1 is 0.875 bits per heavy atom. The minimum atomic E-state index is -0.158. The second-order valence-corrected chi connectivity index (χ2v) is 4.26. The third kappa shape index (κ3) is 1.14. The third-order valence-electron chi connectivity index (χ3n) is 3.39. The summed E-state index contributed by atoms with van der Waals surface area (Å²) in [5, 5.41) is 0. The molecule has 1 saturated heterocycles. The Hall–Kier alpha value is -1.38. The van der Waals surface area contributed by atoms with Gasteiger partial charge in [0.1, 0.15) is 11.2 Å². The van der Waals surface area contributed by atoms with E-state index in [1.165, 1.54) is 0 Å². The van der Waals surface area contributed by atoms with Gasteiger partial charge in [-0.25, -0.2) is 0 Å². The smallest absolute Gasteiger partial charge is 0.142 e. The maximum absolute atomic E-state index is 5.35. The maximum Gasteiger partial charge on any atom is 0.142 e. The van der Waals surface area contributed by atoms with Crippen LogP contribution in [0.4, 0.5) is 0 Å². The molecule has 0 N–H and O–H groups in total. The Balaban J connectivity index is 0.000000104. The standard InChI is InChI=1S/C8H8O.C6H6O/c1-3-7-5-6-8(7,4-2)9-7;1-2-6-4-3-5(1)7-6/h3-6H,1-2H2;1-6H. The van der Waals surface area contributed by atoms with Crippen LogP contribution in [0.5, 0.6) is 0 Å². The van der Waals surface area contributed by atoms with Crippen molar-refractivity contribution in [1.29, 1.82) is 0 Å². The van der Waals surface area contributed by atoms with E-state index in [1.54, 1.807) is 0 Å². The summed E-state index contributed by atoms with van der Waals surface area (Å²) < 4.78 is 10.6. The lowest BCUT2D eigenvalue weighted by Crippen LogP contribution is -2.25. The van der Waals surface area contributed by atoms with Gasteiger partial charge in [0, 0.05) is 0 Å². The number of hydrogen-bond acceptors (Lipinski definition) is 2. The Morgan fingerprint density at radius 3 is 1.44 bits per heavy atom. The van der Waals surface area contributed by atoms with E-state index >= 15 is 0 Å². The van der Waals surface area contributed by atoms with E-state index in [0.29, 0.717) is 12.2 Å². The molecule has 3 aliphatic heterocycles. The van der Waals surface area contributed by atoms with Gasteiger partial charge in [0.15, 0.2) is 0 Å². The van der Waals surface area contributed by atoms with Crippen LogP contribution in [-0.2, 0) is 9.47 Å². The summed E-state index contributed by atoms with van der Waals surface area (Å²) in [4.78, 5) is 0. The third-order valence-corrected chi connectivity index (χ3v) is 3.39. The molecule has 1 aliphatic carbocycles. The lowest BCUT2D eigenvalue weighted by atomic mass is 9.83. The van der Waals surface area contributed by atoms with E-state index < -0.39 is 0 Å². The van der Waals surface area contributed by atoms with Gasteiger partial charge >= 0.3 is 0 Å². The lowest BCUT2D eigenvalue weighted by Gasteiger charge is -2.13. The number of hydrogen-bond donors (Lipinski definition) is 0. The quantitative estimate of drug-likeness (QED) is 0.519. The van der Waals surface area contributed by atoms with Gasteiger partial charge in [0.2, 0.25) is 0 Å². The van der Waals surface area contributed by atoms with Crippen LogP contribution in [0, 0.1) is 0 Å². The Labute approximate surface area is 95.2 Å². The molecule has 0 saturated carbocycles. The van der Waals surface area contributed by atoms with Crippen LogP contribution in [0.25, 0.3) is 0 Å². The molecule has 2 unspecified atom stereocenters. The first-order valence-electron chi connectivity index (χ1n) is 5.43. The van der Waals surface area contributed by atoms with Gasteiger partial charge in [-0.15, -0.1) is 0 Å². The van der Waals surface area contributed by atoms with E-state index in [1.807, 2.05) is 24.3 Å². The van der Waals surface area contributed by atoms with Crippen molar-refractivity contribution < 1.29 is 9.47 Å². The Bertz CT molecular complexity index is 382. The first-order valence-corrected chi connectivity index (χ1v) is 5.43. The summed E-state index contributed by atoms with van der Waals surface area (Å²) in [6.07, 6.45) is 16.5. The SMILES string of the molecule is C1=CC2C=CC1O2.C=CC12C=CC1(C=C)O2. The zero-order valence-corrected chi connectivity index (χ0v) is 9.00. The van der Waals surface area contributed by atoms with Crippen LogP contribution in [0.15, 0.2) is 61.8 Å². The number of fused-ring (bicyclic) bond motifs is 3. The fourth-order valence-electron chi connectivity index (χ4n) is 2.20. The minimum Gasteiger partial charge on any atom is -0.359 e. The van der Waals surface area contributed by atoms with E-state index in [-0.39, 0.29) is 11.2 Å². The largest absolute Gasteiger partial charge is 0.359 e.